The van der Waals surface area contributed by atoms with Crippen molar-refractivity contribution in [3.05, 3.63) is 0 Å². The normalized spacial score (nSPS) is 0. The summed E-state index contributed by atoms with van der Waals surface area (Å²) in [6, 6.07) is 0. The van der Waals surface area contributed by atoms with E-state index in [9.17, 15) is 0 Å². The predicted molar refractivity (Wildman–Crippen MR) is 9.68 cm³/mol. The van der Waals surface area contributed by atoms with E-state index in [1.807, 2.05) is 0 Å². The van der Waals surface area contributed by atoms with Gasteiger partial charge < -0.3 is 27.4 Å². The van der Waals surface area contributed by atoms with Crippen LogP contribution in [0.2, 0.25) is 0 Å². The van der Waals surface area contributed by atoms with E-state index in [1.165, 1.54) is 0 Å². The van der Waals surface area contributed by atoms with Gasteiger partial charge in [0, 0.05) is 0 Å². The topological polar surface area (TPSA) is 150 Å². The molecular weight excluding hydrogens is 228 g/mol. The van der Waals surface area contributed by atoms with Crippen LogP contribution in [0.15, 0.2) is 0 Å². The molecule has 0 aliphatic heterocycles. The van der Waals surface area contributed by atoms with Crippen LogP contribution in [0.25, 0.3) is 0 Å². The van der Waals surface area contributed by atoms with Crippen molar-refractivity contribution >= 4 is 0 Å². The first-order valence-electron chi connectivity index (χ1n) is 0. The molecule has 47 valence electrons. The second-order valence-electron chi connectivity index (χ2n) is 0. The maximum atomic E-state index is 0. The molecule has 0 spiro atoms. The Morgan fingerprint density at radius 2 is 0.429 bits per heavy atom. The molecule has 0 fully saturated rings. The van der Waals surface area contributed by atoms with Crippen LogP contribution in [-0.2, 0) is 49.5 Å². The maximum Gasteiger partial charge on any atom is 3.00 e. The molecule has 7 heteroatoms. The van der Waals surface area contributed by atoms with Crippen molar-refractivity contribution in [2.45, 2.75) is 0 Å². The van der Waals surface area contributed by atoms with Gasteiger partial charge in [-0.15, -0.1) is 0 Å². The summed E-state index contributed by atoms with van der Waals surface area (Å²) in [7, 11) is 0. The molecule has 0 atom stereocenters. The minimum atomic E-state index is 0. The Morgan fingerprint density at radius 3 is 0.429 bits per heavy atom. The van der Waals surface area contributed by atoms with E-state index in [-0.39, 0.29) is 76.9 Å². The van der Waals surface area contributed by atoms with Crippen LogP contribution in [0.4, 0.5) is 0 Å². The van der Waals surface area contributed by atoms with Crippen molar-refractivity contribution in [2.24, 2.45) is 0 Å². The van der Waals surface area contributed by atoms with Crippen molar-refractivity contribution in [1.29, 1.82) is 0 Å². The predicted octanol–water partition coefficient (Wildman–Crippen LogP) is -0.889. The summed E-state index contributed by atoms with van der Waals surface area (Å²) in [6.45, 7) is 0. The van der Waals surface area contributed by atoms with Gasteiger partial charge in [-0.1, -0.05) is 0 Å². The zero-order chi connectivity index (χ0) is 0. The average molecular weight is 233 g/mol. The fraction of sp³-hybridized carbons (Fsp3) is 0. The molecule has 0 bridgehead atoms. The molecule has 0 rings (SSSR count). The van der Waals surface area contributed by atoms with E-state index in [0.717, 1.165) is 0 Å². The first-order chi connectivity index (χ1) is 0. The summed E-state index contributed by atoms with van der Waals surface area (Å²) in [6.07, 6.45) is 0. The summed E-state index contributed by atoms with van der Waals surface area (Å²) in [4.78, 5) is 0. The van der Waals surface area contributed by atoms with E-state index in [2.05, 4.69) is 0 Å². The third-order valence-corrected chi connectivity index (χ3v) is 0. The smallest absolute Gasteiger partial charge is 0.870 e. The minimum absolute atomic E-state index is 0. The van der Waals surface area contributed by atoms with Crippen LogP contribution in [0.3, 0.4) is 0 Å². The summed E-state index contributed by atoms with van der Waals surface area (Å²) in [5, 5.41) is 0. The van der Waals surface area contributed by atoms with Gasteiger partial charge >= 0.3 is 49.5 Å². The van der Waals surface area contributed by atoms with Crippen molar-refractivity contribution in [3.63, 3.8) is 0 Å². The quantitative estimate of drug-likeness (QED) is 0.531. The second kappa shape index (κ2) is 153. The Morgan fingerprint density at radius 1 is 0.429 bits per heavy atom. The van der Waals surface area contributed by atoms with Gasteiger partial charge in [-0.25, -0.2) is 0 Å². The molecule has 0 heterocycles. The fourth-order valence-corrected chi connectivity index (χ4v) is 0. The van der Waals surface area contributed by atoms with Crippen LogP contribution < -0.4 is 0 Å². The molecular formula is H5CoO5Y. The van der Waals surface area contributed by atoms with Crippen LogP contribution in [0, 0.1) is 0 Å². The van der Waals surface area contributed by atoms with Crippen LogP contribution >= 0.6 is 0 Å². The van der Waals surface area contributed by atoms with E-state index < -0.39 is 0 Å². The number of hydrogen-bond acceptors (Lipinski definition) is 5. The van der Waals surface area contributed by atoms with Gasteiger partial charge in [-0.05, 0) is 0 Å². The van der Waals surface area contributed by atoms with Gasteiger partial charge in [0.15, 0.2) is 0 Å². The maximum absolute atomic E-state index is 0. The molecule has 0 aliphatic carbocycles. The molecule has 0 aromatic heterocycles. The molecule has 0 saturated heterocycles. The Balaban J connectivity index is 0. The molecule has 0 amide bonds. The molecule has 1 radical (unpaired) electrons. The third kappa shape index (κ3) is 109. The number of hydrogen-bond donors (Lipinski definition) is 0. The SMILES string of the molecule is [Co+2].[OH-].[OH-].[OH-].[OH-].[OH-].[Y+3]. The molecule has 7 heavy (non-hydrogen) atoms. The molecule has 0 aromatic rings. The van der Waals surface area contributed by atoms with Crippen molar-refractivity contribution < 1.29 is 76.9 Å². The van der Waals surface area contributed by atoms with Gasteiger partial charge in [-0.2, -0.15) is 0 Å². The van der Waals surface area contributed by atoms with E-state index in [4.69, 9.17) is 0 Å². The van der Waals surface area contributed by atoms with Crippen LogP contribution in [0.5, 0.6) is 0 Å². The summed E-state index contributed by atoms with van der Waals surface area (Å²) in [5.41, 5.74) is 0. The Bertz CT molecular complexity index is 8.04. The van der Waals surface area contributed by atoms with Gasteiger partial charge in [-0.3, -0.25) is 0 Å². The van der Waals surface area contributed by atoms with Crippen LogP contribution in [-0.4, -0.2) is 27.4 Å². The number of rotatable bonds is 0. The summed E-state index contributed by atoms with van der Waals surface area (Å²) in [5.74, 6) is 0. The molecule has 0 aromatic carbocycles. The van der Waals surface area contributed by atoms with Gasteiger partial charge in [0.2, 0.25) is 0 Å². The molecule has 5 nitrogen and oxygen atoms in total. The van der Waals surface area contributed by atoms with E-state index >= 15 is 0 Å². The average Bonchev–Trinajstić information content (AvgIpc) is 0. The van der Waals surface area contributed by atoms with Crippen molar-refractivity contribution in [1.82, 2.24) is 0 Å². The summed E-state index contributed by atoms with van der Waals surface area (Å²) >= 11 is 0. The van der Waals surface area contributed by atoms with E-state index in [1.54, 1.807) is 0 Å². The first kappa shape index (κ1) is 232. The Labute approximate surface area is 76.5 Å². The fourth-order valence-electron chi connectivity index (χ4n) is 0. The minimum Gasteiger partial charge on any atom is -0.870 e. The zero-order valence-electron chi connectivity index (χ0n) is 3.15. The Hall–Kier alpha value is 1.41. The summed E-state index contributed by atoms with van der Waals surface area (Å²) < 4.78 is 0. The molecule has 5 N–H and O–H groups in total. The Kier molecular flexibility index (Phi) is 5080. The largest absolute Gasteiger partial charge is 3.00 e. The van der Waals surface area contributed by atoms with Crippen molar-refractivity contribution in [2.75, 3.05) is 0 Å². The van der Waals surface area contributed by atoms with E-state index in [0.29, 0.717) is 0 Å². The standard InChI is InChI=1S/Co.5H2O.Y/h;5*1H2;/q+2;;;;;;+3/p-5. The molecule has 0 aliphatic rings. The molecule has 0 saturated carbocycles. The third-order valence-electron chi connectivity index (χ3n) is 0. The van der Waals surface area contributed by atoms with Gasteiger partial charge in [0.25, 0.3) is 0 Å². The van der Waals surface area contributed by atoms with Crippen molar-refractivity contribution in [3.8, 4) is 0 Å². The van der Waals surface area contributed by atoms with Gasteiger partial charge in [0.05, 0.1) is 0 Å². The van der Waals surface area contributed by atoms with Gasteiger partial charge in [0.1, 0.15) is 0 Å². The molecule has 0 unspecified atom stereocenters. The second-order valence-corrected chi connectivity index (χ2v) is 0. The zero-order valence-corrected chi connectivity index (χ0v) is 7.03. The monoisotopic (exact) mass is 233 g/mol. The first-order valence-corrected chi connectivity index (χ1v) is 0. The van der Waals surface area contributed by atoms with Crippen LogP contribution in [0.1, 0.15) is 0 Å².